The summed E-state index contributed by atoms with van der Waals surface area (Å²) in [6, 6.07) is 5.40. The number of ether oxygens (including phenoxy) is 1. The van der Waals surface area contributed by atoms with Crippen molar-refractivity contribution in [2.75, 3.05) is 11.9 Å². The summed E-state index contributed by atoms with van der Waals surface area (Å²) in [6.07, 6.45) is 2.47. The zero-order valence-electron chi connectivity index (χ0n) is 11.1. The minimum absolute atomic E-state index is 0.300. The van der Waals surface area contributed by atoms with E-state index in [0.29, 0.717) is 30.5 Å². The Balaban J connectivity index is 1.97. The molecule has 20 heavy (non-hydrogen) atoms. The van der Waals surface area contributed by atoms with Gasteiger partial charge in [-0.1, -0.05) is 13.0 Å². The maximum atomic E-state index is 13.1. The van der Waals surface area contributed by atoms with Crippen LogP contribution in [0.4, 0.5) is 14.7 Å². The lowest BCUT2D eigenvalue weighted by molar-refractivity contribution is 0.305. The van der Waals surface area contributed by atoms with Crippen LogP contribution in [0.15, 0.2) is 30.5 Å². The molecule has 0 saturated carbocycles. The van der Waals surface area contributed by atoms with Crippen LogP contribution in [0.1, 0.15) is 18.9 Å². The number of rotatable bonds is 6. The fourth-order valence-electron chi connectivity index (χ4n) is 1.55. The van der Waals surface area contributed by atoms with Crippen LogP contribution in [0.2, 0.25) is 0 Å². The van der Waals surface area contributed by atoms with Crippen LogP contribution >= 0.6 is 0 Å². The van der Waals surface area contributed by atoms with E-state index in [2.05, 4.69) is 15.3 Å². The number of benzene rings is 1. The minimum Gasteiger partial charge on any atom is -0.478 e. The van der Waals surface area contributed by atoms with Gasteiger partial charge in [-0.05, 0) is 24.1 Å². The quantitative estimate of drug-likeness (QED) is 0.882. The molecule has 0 saturated heterocycles. The van der Waals surface area contributed by atoms with E-state index in [1.165, 1.54) is 6.07 Å². The van der Waals surface area contributed by atoms with Crippen molar-refractivity contribution in [3.05, 3.63) is 47.7 Å². The SMILES string of the molecule is CCCOc1ccnc(NCc2ccc(F)c(F)c2)n1. The molecule has 6 heteroatoms. The van der Waals surface area contributed by atoms with Crippen LogP contribution in [-0.4, -0.2) is 16.6 Å². The molecule has 0 radical (unpaired) electrons. The van der Waals surface area contributed by atoms with Gasteiger partial charge in [0.1, 0.15) is 0 Å². The van der Waals surface area contributed by atoms with Gasteiger partial charge < -0.3 is 10.1 Å². The molecule has 106 valence electrons. The first-order chi connectivity index (χ1) is 9.69. The summed E-state index contributed by atoms with van der Waals surface area (Å²) in [7, 11) is 0. The zero-order valence-corrected chi connectivity index (χ0v) is 11.1. The molecule has 0 atom stereocenters. The van der Waals surface area contributed by atoms with Crippen molar-refractivity contribution in [3.8, 4) is 5.88 Å². The molecule has 0 fully saturated rings. The van der Waals surface area contributed by atoms with Crippen LogP contribution < -0.4 is 10.1 Å². The lowest BCUT2D eigenvalue weighted by Gasteiger charge is -2.07. The number of halogens is 2. The van der Waals surface area contributed by atoms with Gasteiger partial charge >= 0.3 is 0 Å². The molecule has 4 nitrogen and oxygen atoms in total. The summed E-state index contributed by atoms with van der Waals surface area (Å²) in [5, 5.41) is 2.93. The smallest absolute Gasteiger partial charge is 0.226 e. The monoisotopic (exact) mass is 279 g/mol. The fraction of sp³-hybridized carbons (Fsp3) is 0.286. The second-order valence-electron chi connectivity index (χ2n) is 4.17. The molecular formula is C14H15F2N3O. The molecule has 2 aromatic rings. The first-order valence-electron chi connectivity index (χ1n) is 6.32. The number of anilines is 1. The summed E-state index contributed by atoms with van der Waals surface area (Å²) >= 11 is 0. The van der Waals surface area contributed by atoms with Gasteiger partial charge in [-0.2, -0.15) is 4.98 Å². The van der Waals surface area contributed by atoms with E-state index >= 15 is 0 Å². The molecule has 1 heterocycles. The molecule has 0 aliphatic rings. The lowest BCUT2D eigenvalue weighted by atomic mass is 10.2. The number of hydrogen-bond donors (Lipinski definition) is 1. The Bertz CT molecular complexity index is 578. The molecule has 1 N–H and O–H groups in total. The third kappa shape index (κ3) is 3.88. The van der Waals surface area contributed by atoms with E-state index in [-0.39, 0.29) is 0 Å². The van der Waals surface area contributed by atoms with Crippen LogP contribution in [0.5, 0.6) is 5.88 Å². The number of hydrogen-bond acceptors (Lipinski definition) is 4. The first-order valence-corrected chi connectivity index (χ1v) is 6.32. The van der Waals surface area contributed by atoms with Gasteiger partial charge in [-0.3, -0.25) is 0 Å². The van der Waals surface area contributed by atoms with Crippen molar-refractivity contribution in [3.63, 3.8) is 0 Å². The maximum absolute atomic E-state index is 13.1. The minimum atomic E-state index is -0.870. The highest BCUT2D eigenvalue weighted by molar-refractivity contribution is 5.30. The highest BCUT2D eigenvalue weighted by atomic mass is 19.2. The van der Waals surface area contributed by atoms with Crippen LogP contribution in [0.25, 0.3) is 0 Å². The molecule has 2 rings (SSSR count). The van der Waals surface area contributed by atoms with Gasteiger partial charge in [-0.15, -0.1) is 0 Å². The van der Waals surface area contributed by atoms with E-state index in [0.717, 1.165) is 18.6 Å². The Morgan fingerprint density at radius 3 is 2.80 bits per heavy atom. The van der Waals surface area contributed by atoms with Gasteiger partial charge in [0.15, 0.2) is 11.6 Å². The van der Waals surface area contributed by atoms with Crippen molar-refractivity contribution in [1.82, 2.24) is 9.97 Å². The molecular weight excluding hydrogens is 264 g/mol. The second-order valence-corrected chi connectivity index (χ2v) is 4.17. The lowest BCUT2D eigenvalue weighted by Crippen LogP contribution is -2.05. The zero-order chi connectivity index (χ0) is 14.4. The molecule has 1 aromatic carbocycles. The van der Waals surface area contributed by atoms with E-state index in [1.54, 1.807) is 12.3 Å². The van der Waals surface area contributed by atoms with E-state index in [4.69, 9.17) is 4.74 Å². The standard InChI is InChI=1S/C14H15F2N3O/c1-2-7-20-13-5-6-17-14(19-13)18-9-10-3-4-11(15)12(16)8-10/h3-6,8H,2,7,9H2,1H3,(H,17,18,19). The van der Waals surface area contributed by atoms with E-state index in [9.17, 15) is 8.78 Å². The predicted octanol–water partition coefficient (Wildman–Crippen LogP) is 3.16. The third-order valence-electron chi connectivity index (χ3n) is 2.52. The Morgan fingerprint density at radius 1 is 1.20 bits per heavy atom. The number of nitrogens with one attached hydrogen (secondary N) is 1. The average molecular weight is 279 g/mol. The molecule has 0 bridgehead atoms. The first kappa shape index (κ1) is 14.2. The Kier molecular flexibility index (Phi) is 4.81. The molecule has 0 aliphatic heterocycles. The van der Waals surface area contributed by atoms with E-state index < -0.39 is 11.6 Å². The summed E-state index contributed by atoms with van der Waals surface area (Å²) in [5.41, 5.74) is 0.604. The molecule has 0 amide bonds. The van der Waals surface area contributed by atoms with Crippen molar-refractivity contribution in [1.29, 1.82) is 0 Å². The summed E-state index contributed by atoms with van der Waals surface area (Å²) in [5.74, 6) is -0.872. The molecule has 0 spiro atoms. The topological polar surface area (TPSA) is 47.0 Å². The Hall–Kier alpha value is -2.24. The van der Waals surface area contributed by atoms with Gasteiger partial charge in [0.2, 0.25) is 11.8 Å². The summed E-state index contributed by atoms with van der Waals surface area (Å²) < 4.78 is 31.2. The normalized spacial score (nSPS) is 10.3. The van der Waals surface area contributed by atoms with Crippen molar-refractivity contribution in [2.45, 2.75) is 19.9 Å². The molecule has 0 unspecified atom stereocenters. The van der Waals surface area contributed by atoms with E-state index in [1.807, 2.05) is 6.92 Å². The van der Waals surface area contributed by atoms with Gasteiger partial charge in [0, 0.05) is 18.8 Å². The Labute approximate surface area is 115 Å². The van der Waals surface area contributed by atoms with Crippen molar-refractivity contribution < 1.29 is 13.5 Å². The number of nitrogens with zero attached hydrogens (tertiary/aromatic N) is 2. The molecule has 0 aliphatic carbocycles. The maximum Gasteiger partial charge on any atom is 0.226 e. The van der Waals surface area contributed by atoms with Crippen LogP contribution in [0, 0.1) is 11.6 Å². The summed E-state index contributed by atoms with van der Waals surface area (Å²) in [4.78, 5) is 8.19. The van der Waals surface area contributed by atoms with Crippen LogP contribution in [-0.2, 0) is 6.54 Å². The third-order valence-corrected chi connectivity index (χ3v) is 2.52. The van der Waals surface area contributed by atoms with Gasteiger partial charge in [-0.25, -0.2) is 13.8 Å². The average Bonchev–Trinajstić information content (AvgIpc) is 2.47. The van der Waals surface area contributed by atoms with Crippen LogP contribution in [0.3, 0.4) is 0 Å². The number of aromatic nitrogens is 2. The highest BCUT2D eigenvalue weighted by Gasteiger charge is 2.04. The fourth-order valence-corrected chi connectivity index (χ4v) is 1.55. The van der Waals surface area contributed by atoms with Gasteiger partial charge in [0.25, 0.3) is 0 Å². The Morgan fingerprint density at radius 2 is 2.05 bits per heavy atom. The largest absolute Gasteiger partial charge is 0.478 e. The van der Waals surface area contributed by atoms with Crippen molar-refractivity contribution >= 4 is 5.95 Å². The molecule has 1 aromatic heterocycles. The van der Waals surface area contributed by atoms with Crippen molar-refractivity contribution in [2.24, 2.45) is 0 Å². The highest BCUT2D eigenvalue weighted by Crippen LogP contribution is 2.12. The predicted molar refractivity (Wildman–Crippen MR) is 71.5 cm³/mol. The second kappa shape index (κ2) is 6.79. The van der Waals surface area contributed by atoms with Gasteiger partial charge in [0.05, 0.1) is 6.61 Å². The summed E-state index contributed by atoms with van der Waals surface area (Å²) in [6.45, 7) is 2.89.